The van der Waals surface area contributed by atoms with Crippen molar-refractivity contribution >= 4 is 22.7 Å². The van der Waals surface area contributed by atoms with Crippen LogP contribution < -0.4 is 0 Å². The molecule has 1 N–H and O–H groups in total. The average molecular weight is 230 g/mol. The second-order valence-corrected chi connectivity index (χ2v) is 3.94. The minimum absolute atomic E-state index is 0.0590. The maximum absolute atomic E-state index is 11.6. The minimum atomic E-state index is -0.923. The van der Waals surface area contributed by atoms with Crippen LogP contribution >= 0.6 is 0 Å². The van der Waals surface area contributed by atoms with E-state index in [1.54, 1.807) is 29.7 Å². The zero-order valence-corrected chi connectivity index (χ0v) is 9.65. The summed E-state index contributed by atoms with van der Waals surface area (Å²) in [6.45, 7) is 3.11. The van der Waals surface area contributed by atoms with Crippen LogP contribution in [0.15, 0.2) is 18.2 Å². The first kappa shape index (κ1) is 11.4. The van der Waals surface area contributed by atoms with Gasteiger partial charge >= 0.3 is 5.97 Å². The highest BCUT2D eigenvalue weighted by molar-refractivity contribution is 6.08. The lowest BCUT2D eigenvalue weighted by molar-refractivity contribution is -0.137. The van der Waals surface area contributed by atoms with Gasteiger partial charge < -0.3 is 9.67 Å². The number of hydrogen-bond donors (Lipinski definition) is 1. The molecule has 0 saturated heterocycles. The highest BCUT2D eigenvalue weighted by Gasteiger charge is 2.17. The van der Waals surface area contributed by atoms with Crippen molar-refractivity contribution in [3.63, 3.8) is 0 Å². The predicted molar refractivity (Wildman–Crippen MR) is 63.2 cm³/mol. The molecule has 1 radical (unpaired) electrons. The number of carboxylic acids is 1. The van der Waals surface area contributed by atoms with E-state index in [9.17, 15) is 9.59 Å². The zero-order chi connectivity index (χ0) is 12.6. The van der Waals surface area contributed by atoms with Crippen molar-refractivity contribution < 1.29 is 14.7 Å². The summed E-state index contributed by atoms with van der Waals surface area (Å²) in [5.41, 5.74) is 2.03. The van der Waals surface area contributed by atoms with Crippen molar-refractivity contribution in [3.8, 4) is 0 Å². The fourth-order valence-corrected chi connectivity index (χ4v) is 2.15. The zero-order valence-electron chi connectivity index (χ0n) is 9.65. The standard InChI is InChI=1S/C13H12NO3/c1-8-13(9(2)15)10-5-3-4-6-11(10)14(8)7-12(16)17/h4-6H,7H2,1-2H3,(H,16,17). The lowest BCUT2D eigenvalue weighted by Gasteiger charge is -2.04. The third kappa shape index (κ3) is 1.82. The van der Waals surface area contributed by atoms with Crippen molar-refractivity contribution in [3.05, 3.63) is 35.5 Å². The molecule has 0 saturated carbocycles. The van der Waals surface area contributed by atoms with Crippen molar-refractivity contribution in [2.24, 2.45) is 0 Å². The predicted octanol–water partition coefficient (Wildman–Crippen LogP) is 2.04. The number of nitrogens with zero attached hydrogens (tertiary/aromatic N) is 1. The summed E-state index contributed by atoms with van der Waals surface area (Å²) in [7, 11) is 0. The van der Waals surface area contributed by atoms with Crippen molar-refractivity contribution in [1.82, 2.24) is 4.57 Å². The number of fused-ring (bicyclic) bond motifs is 1. The Kier molecular flexibility index (Phi) is 2.71. The third-order valence-electron chi connectivity index (χ3n) is 2.81. The quantitative estimate of drug-likeness (QED) is 0.821. The Labute approximate surface area is 98.5 Å². The highest BCUT2D eigenvalue weighted by atomic mass is 16.4. The van der Waals surface area contributed by atoms with Gasteiger partial charge in [-0.1, -0.05) is 6.07 Å². The number of carboxylic acid groups (broad SMARTS) is 1. The van der Waals surface area contributed by atoms with Crippen LogP contribution in [0.25, 0.3) is 10.9 Å². The van der Waals surface area contributed by atoms with Gasteiger partial charge in [-0.25, -0.2) is 0 Å². The van der Waals surface area contributed by atoms with Crippen LogP contribution in [0.3, 0.4) is 0 Å². The number of rotatable bonds is 3. The number of hydrogen-bond acceptors (Lipinski definition) is 2. The van der Waals surface area contributed by atoms with E-state index >= 15 is 0 Å². The van der Waals surface area contributed by atoms with Crippen LogP contribution in [0.2, 0.25) is 0 Å². The van der Waals surface area contributed by atoms with Crippen LogP contribution in [0.1, 0.15) is 23.0 Å². The van der Waals surface area contributed by atoms with E-state index in [0.717, 1.165) is 10.9 Å². The Balaban J connectivity index is 2.79. The SMILES string of the molecule is CC(=O)c1c(C)n(CC(=O)O)c2cc[c]cc12. The Morgan fingerprint density at radius 1 is 1.47 bits per heavy atom. The lowest BCUT2D eigenvalue weighted by atomic mass is 10.1. The van der Waals surface area contributed by atoms with Gasteiger partial charge in [0, 0.05) is 22.2 Å². The molecule has 87 valence electrons. The van der Waals surface area contributed by atoms with Gasteiger partial charge in [0.25, 0.3) is 0 Å². The second-order valence-electron chi connectivity index (χ2n) is 3.94. The molecule has 0 amide bonds. The summed E-state index contributed by atoms with van der Waals surface area (Å²) in [5.74, 6) is -0.982. The Morgan fingerprint density at radius 3 is 2.76 bits per heavy atom. The normalized spacial score (nSPS) is 10.7. The Morgan fingerprint density at radius 2 is 2.18 bits per heavy atom. The summed E-state index contributed by atoms with van der Waals surface area (Å²) in [4.78, 5) is 22.4. The van der Waals surface area contributed by atoms with Gasteiger partial charge in [-0.05, 0) is 32.0 Å². The highest BCUT2D eigenvalue weighted by Crippen LogP contribution is 2.25. The summed E-state index contributed by atoms with van der Waals surface area (Å²) in [6, 6.07) is 8.12. The number of aliphatic carboxylic acids is 1. The van der Waals surface area contributed by atoms with Crippen LogP contribution in [0.4, 0.5) is 0 Å². The number of aromatic nitrogens is 1. The molecule has 0 spiro atoms. The molecule has 1 heterocycles. The van der Waals surface area contributed by atoms with E-state index in [-0.39, 0.29) is 12.3 Å². The van der Waals surface area contributed by atoms with Gasteiger partial charge in [0.15, 0.2) is 5.78 Å². The molecule has 17 heavy (non-hydrogen) atoms. The van der Waals surface area contributed by atoms with Gasteiger partial charge in [0.1, 0.15) is 6.54 Å². The number of benzene rings is 1. The summed E-state index contributed by atoms with van der Waals surface area (Å²) < 4.78 is 1.64. The molecule has 0 fully saturated rings. The molecule has 0 aliphatic rings. The fraction of sp³-hybridized carbons (Fsp3) is 0.231. The average Bonchev–Trinajstić information content (AvgIpc) is 2.52. The summed E-state index contributed by atoms with van der Waals surface area (Å²) in [6.07, 6.45) is 0. The molecular weight excluding hydrogens is 218 g/mol. The van der Waals surface area contributed by atoms with E-state index < -0.39 is 5.97 Å². The fourth-order valence-electron chi connectivity index (χ4n) is 2.15. The van der Waals surface area contributed by atoms with Gasteiger partial charge in [-0.3, -0.25) is 9.59 Å². The summed E-state index contributed by atoms with van der Waals surface area (Å²) in [5, 5.41) is 9.65. The molecular formula is C13H12NO3. The molecule has 0 aliphatic heterocycles. The smallest absolute Gasteiger partial charge is 0.323 e. The molecule has 0 unspecified atom stereocenters. The van der Waals surface area contributed by atoms with E-state index in [4.69, 9.17) is 5.11 Å². The van der Waals surface area contributed by atoms with E-state index in [1.165, 1.54) is 6.92 Å². The van der Waals surface area contributed by atoms with Gasteiger partial charge in [-0.15, -0.1) is 0 Å². The minimum Gasteiger partial charge on any atom is -0.480 e. The number of carbonyl (C=O) groups excluding carboxylic acids is 1. The monoisotopic (exact) mass is 230 g/mol. The molecule has 0 aliphatic carbocycles. The molecule has 4 nitrogen and oxygen atoms in total. The first-order chi connectivity index (χ1) is 8.02. The maximum atomic E-state index is 11.6. The Hall–Kier alpha value is -2.10. The first-order valence-corrected chi connectivity index (χ1v) is 5.24. The van der Waals surface area contributed by atoms with Crippen molar-refractivity contribution in [2.45, 2.75) is 20.4 Å². The van der Waals surface area contributed by atoms with Crippen LogP contribution in [0, 0.1) is 13.0 Å². The van der Waals surface area contributed by atoms with Crippen LogP contribution in [0.5, 0.6) is 0 Å². The van der Waals surface area contributed by atoms with E-state index in [2.05, 4.69) is 6.07 Å². The molecule has 4 heteroatoms. The molecule has 0 bridgehead atoms. The largest absolute Gasteiger partial charge is 0.480 e. The Bertz CT molecular complexity index is 610. The maximum Gasteiger partial charge on any atom is 0.323 e. The molecule has 1 aromatic heterocycles. The van der Waals surface area contributed by atoms with Gasteiger partial charge in [0.2, 0.25) is 0 Å². The van der Waals surface area contributed by atoms with Gasteiger partial charge in [0.05, 0.1) is 0 Å². The molecule has 2 aromatic rings. The summed E-state index contributed by atoms with van der Waals surface area (Å²) >= 11 is 0. The number of ketones is 1. The van der Waals surface area contributed by atoms with E-state index in [1.807, 2.05) is 0 Å². The third-order valence-corrected chi connectivity index (χ3v) is 2.81. The van der Waals surface area contributed by atoms with Gasteiger partial charge in [-0.2, -0.15) is 0 Å². The van der Waals surface area contributed by atoms with Crippen LogP contribution in [-0.4, -0.2) is 21.4 Å². The first-order valence-electron chi connectivity index (χ1n) is 5.24. The molecule has 0 atom stereocenters. The molecule has 1 aromatic carbocycles. The van der Waals surface area contributed by atoms with Crippen LogP contribution in [-0.2, 0) is 11.3 Å². The number of carbonyl (C=O) groups is 2. The topological polar surface area (TPSA) is 59.3 Å². The number of Topliss-reactive ketones (excluding diaryl/α,β-unsaturated/α-hetero) is 1. The van der Waals surface area contributed by atoms with Crippen molar-refractivity contribution in [1.29, 1.82) is 0 Å². The molecule has 2 rings (SSSR count). The van der Waals surface area contributed by atoms with E-state index in [0.29, 0.717) is 11.3 Å². The second kappa shape index (κ2) is 4.05. The lowest BCUT2D eigenvalue weighted by Crippen LogP contribution is -2.10. The van der Waals surface area contributed by atoms with Crippen molar-refractivity contribution in [2.75, 3.05) is 0 Å².